The molecule has 0 bridgehead atoms. The lowest BCUT2D eigenvalue weighted by molar-refractivity contribution is 0.398. The van der Waals surface area contributed by atoms with Gasteiger partial charge in [0, 0.05) is 16.6 Å². The fourth-order valence-corrected chi connectivity index (χ4v) is 4.42. The predicted molar refractivity (Wildman–Crippen MR) is 82.0 cm³/mol. The van der Waals surface area contributed by atoms with Gasteiger partial charge in [-0.15, -0.1) is 0 Å². The van der Waals surface area contributed by atoms with Crippen LogP contribution >= 0.6 is 15.9 Å². The van der Waals surface area contributed by atoms with Crippen molar-refractivity contribution in [2.75, 3.05) is 11.5 Å². The van der Waals surface area contributed by atoms with Crippen LogP contribution in [0.25, 0.3) is 0 Å². The van der Waals surface area contributed by atoms with Gasteiger partial charge in [-0.05, 0) is 37.0 Å². The van der Waals surface area contributed by atoms with Gasteiger partial charge in [-0.3, -0.25) is 0 Å². The maximum Gasteiger partial charge on any atom is 0.150 e. The zero-order valence-electron chi connectivity index (χ0n) is 11.1. The molecule has 2 rings (SSSR count). The minimum atomic E-state index is -2.78. The summed E-state index contributed by atoms with van der Waals surface area (Å²) >= 11 is 3.49. The van der Waals surface area contributed by atoms with Crippen LogP contribution in [0.4, 0.5) is 0 Å². The number of hydrogen-bond acceptors (Lipinski definition) is 3. The molecule has 0 amide bonds. The molecule has 1 heterocycles. The lowest BCUT2D eigenvalue weighted by Gasteiger charge is -2.28. The van der Waals surface area contributed by atoms with Gasteiger partial charge in [0.15, 0.2) is 0 Å². The molecule has 1 fully saturated rings. The van der Waals surface area contributed by atoms with Crippen LogP contribution in [0, 0.1) is 0 Å². The number of rotatable bonds is 4. The molecule has 3 nitrogen and oxygen atoms in total. The Kier molecular flexibility index (Phi) is 5.03. The molecule has 1 aliphatic heterocycles. The zero-order chi connectivity index (χ0) is 13.9. The summed E-state index contributed by atoms with van der Waals surface area (Å²) < 4.78 is 23.9. The average molecular weight is 346 g/mol. The van der Waals surface area contributed by atoms with Crippen LogP contribution in [-0.4, -0.2) is 26.0 Å². The Morgan fingerprint density at radius 2 is 2.05 bits per heavy atom. The number of halogens is 1. The number of hydrogen-bond donors (Lipinski definition) is 1. The van der Waals surface area contributed by atoms with E-state index in [0.717, 1.165) is 23.7 Å². The van der Waals surface area contributed by atoms with Crippen LogP contribution in [0.15, 0.2) is 28.7 Å². The van der Waals surface area contributed by atoms with Gasteiger partial charge in [0.2, 0.25) is 0 Å². The Morgan fingerprint density at radius 1 is 1.37 bits per heavy atom. The number of benzene rings is 1. The van der Waals surface area contributed by atoms with Crippen molar-refractivity contribution in [3.8, 4) is 0 Å². The first-order chi connectivity index (χ1) is 9.00. The Bertz CT molecular complexity index is 516. The first kappa shape index (κ1) is 15.0. The fourth-order valence-electron chi connectivity index (χ4n) is 2.51. The van der Waals surface area contributed by atoms with E-state index >= 15 is 0 Å². The van der Waals surface area contributed by atoms with E-state index < -0.39 is 9.84 Å². The number of nitrogens with one attached hydrogen (secondary N) is 1. The maximum atomic E-state index is 11.4. The first-order valence-corrected chi connectivity index (χ1v) is 9.33. The molecule has 1 aromatic rings. The van der Waals surface area contributed by atoms with E-state index in [2.05, 4.69) is 40.3 Å². The third kappa shape index (κ3) is 4.29. The molecule has 0 saturated carbocycles. The molecule has 0 aliphatic carbocycles. The molecule has 1 saturated heterocycles. The molecule has 1 unspecified atom stereocenters. The van der Waals surface area contributed by atoms with Crippen molar-refractivity contribution in [3.05, 3.63) is 34.3 Å². The summed E-state index contributed by atoms with van der Waals surface area (Å²) in [4.78, 5) is 0. The van der Waals surface area contributed by atoms with Crippen molar-refractivity contribution in [1.82, 2.24) is 5.32 Å². The highest BCUT2D eigenvalue weighted by Crippen LogP contribution is 2.23. The lowest BCUT2D eigenvalue weighted by Crippen LogP contribution is -2.39. The van der Waals surface area contributed by atoms with Crippen LogP contribution in [0.1, 0.15) is 37.8 Å². The second kappa shape index (κ2) is 6.37. The van der Waals surface area contributed by atoms with E-state index in [1.165, 1.54) is 5.56 Å². The molecule has 0 radical (unpaired) electrons. The van der Waals surface area contributed by atoms with Gasteiger partial charge in [-0.25, -0.2) is 8.42 Å². The summed E-state index contributed by atoms with van der Waals surface area (Å²) in [6, 6.07) is 8.90. The molecule has 0 spiro atoms. The van der Waals surface area contributed by atoms with Gasteiger partial charge in [0.25, 0.3) is 0 Å². The second-order valence-electron chi connectivity index (χ2n) is 5.11. The van der Waals surface area contributed by atoms with E-state index in [1.807, 2.05) is 12.1 Å². The Labute approximate surface area is 123 Å². The van der Waals surface area contributed by atoms with E-state index in [1.54, 1.807) is 0 Å². The van der Waals surface area contributed by atoms with Crippen molar-refractivity contribution in [1.29, 1.82) is 0 Å². The van der Waals surface area contributed by atoms with Crippen LogP contribution < -0.4 is 5.32 Å². The Balaban J connectivity index is 2.00. The van der Waals surface area contributed by atoms with Gasteiger partial charge in [-0.2, -0.15) is 0 Å². The largest absolute Gasteiger partial charge is 0.307 e. The summed E-state index contributed by atoms with van der Waals surface area (Å²) in [7, 11) is -2.78. The minimum Gasteiger partial charge on any atom is -0.307 e. The Hall–Kier alpha value is -0.390. The topological polar surface area (TPSA) is 46.2 Å². The number of sulfone groups is 1. The van der Waals surface area contributed by atoms with Crippen LogP contribution in [0.5, 0.6) is 0 Å². The minimum absolute atomic E-state index is 0.295. The molecule has 1 N–H and O–H groups in total. The smallest absolute Gasteiger partial charge is 0.150 e. The molecule has 1 aromatic carbocycles. The molecule has 5 heteroatoms. The molecule has 1 aliphatic rings. The highest BCUT2D eigenvalue weighted by molar-refractivity contribution is 9.10. The van der Waals surface area contributed by atoms with Crippen molar-refractivity contribution in [2.24, 2.45) is 0 Å². The highest BCUT2D eigenvalue weighted by Gasteiger charge is 2.25. The third-order valence-corrected chi connectivity index (χ3v) is 5.86. The Morgan fingerprint density at radius 3 is 2.63 bits per heavy atom. The van der Waals surface area contributed by atoms with Gasteiger partial charge < -0.3 is 5.32 Å². The quantitative estimate of drug-likeness (QED) is 0.911. The fraction of sp³-hybridized carbons (Fsp3) is 0.571. The van der Waals surface area contributed by atoms with Crippen LogP contribution in [0.2, 0.25) is 0 Å². The van der Waals surface area contributed by atoms with E-state index in [4.69, 9.17) is 0 Å². The van der Waals surface area contributed by atoms with E-state index in [0.29, 0.717) is 23.6 Å². The first-order valence-electron chi connectivity index (χ1n) is 6.72. The van der Waals surface area contributed by atoms with Crippen molar-refractivity contribution in [3.63, 3.8) is 0 Å². The van der Waals surface area contributed by atoms with Crippen molar-refractivity contribution < 1.29 is 8.42 Å². The molecular formula is C14H20BrNO2S. The summed E-state index contributed by atoms with van der Waals surface area (Å²) in [5.41, 5.74) is 1.25. The predicted octanol–water partition coefficient (Wildman–Crippen LogP) is 3.07. The summed E-state index contributed by atoms with van der Waals surface area (Å²) in [5.74, 6) is 0.638. The standard InChI is InChI=1S/C14H20BrNO2S/c1-2-14(11-4-3-5-12(15)10-11)16-13-6-8-19(17,18)9-7-13/h3-5,10,13-14,16H,2,6-9H2,1H3. The van der Waals surface area contributed by atoms with Crippen LogP contribution in [0.3, 0.4) is 0 Å². The highest BCUT2D eigenvalue weighted by atomic mass is 79.9. The normalized spacial score (nSPS) is 21.2. The van der Waals surface area contributed by atoms with Crippen molar-refractivity contribution in [2.45, 2.75) is 38.3 Å². The van der Waals surface area contributed by atoms with Gasteiger partial charge in [0.05, 0.1) is 11.5 Å². The van der Waals surface area contributed by atoms with Crippen molar-refractivity contribution >= 4 is 25.8 Å². The molecule has 19 heavy (non-hydrogen) atoms. The molecule has 0 aromatic heterocycles. The molecule has 1 atom stereocenters. The summed E-state index contributed by atoms with van der Waals surface area (Å²) in [6.07, 6.45) is 2.46. The lowest BCUT2D eigenvalue weighted by atomic mass is 10.0. The third-order valence-electron chi connectivity index (χ3n) is 3.65. The van der Waals surface area contributed by atoms with E-state index in [9.17, 15) is 8.42 Å². The van der Waals surface area contributed by atoms with Gasteiger partial charge in [0.1, 0.15) is 9.84 Å². The summed E-state index contributed by atoms with van der Waals surface area (Å²) in [5, 5.41) is 3.60. The van der Waals surface area contributed by atoms with Gasteiger partial charge in [-0.1, -0.05) is 35.0 Å². The van der Waals surface area contributed by atoms with Gasteiger partial charge >= 0.3 is 0 Å². The molecule has 106 valence electrons. The SMILES string of the molecule is CCC(NC1CCS(=O)(=O)CC1)c1cccc(Br)c1. The summed E-state index contributed by atoms with van der Waals surface area (Å²) in [6.45, 7) is 2.15. The second-order valence-corrected chi connectivity index (χ2v) is 8.33. The van der Waals surface area contributed by atoms with Crippen LogP contribution in [-0.2, 0) is 9.84 Å². The average Bonchev–Trinajstić information content (AvgIpc) is 2.37. The zero-order valence-corrected chi connectivity index (χ0v) is 13.5. The monoisotopic (exact) mass is 345 g/mol. The van der Waals surface area contributed by atoms with E-state index in [-0.39, 0.29) is 0 Å². The maximum absolute atomic E-state index is 11.4. The molecular weight excluding hydrogens is 326 g/mol.